The number of hydrogen-bond donors (Lipinski definition) is 0. The fourth-order valence-electron chi connectivity index (χ4n) is 3.71. The van der Waals surface area contributed by atoms with E-state index in [2.05, 4.69) is 0 Å². The summed E-state index contributed by atoms with van der Waals surface area (Å²) in [5, 5.41) is 0.280. The fourth-order valence-corrected chi connectivity index (χ4v) is 3.71. The molecule has 1 aliphatic rings. The topological polar surface area (TPSA) is 69.0 Å². The molecule has 32 heavy (non-hydrogen) atoms. The number of ether oxygens (including phenoxy) is 2. The van der Waals surface area contributed by atoms with Crippen molar-refractivity contribution in [2.75, 3.05) is 11.4 Å². The van der Waals surface area contributed by atoms with Crippen molar-refractivity contribution < 1.29 is 23.1 Å². The van der Waals surface area contributed by atoms with Gasteiger partial charge in [-0.3, -0.25) is 9.69 Å². The number of nitrogens with zero attached hydrogens (tertiary/aromatic N) is 1. The predicted octanol–water partition coefficient (Wildman–Crippen LogP) is 5.42. The van der Waals surface area contributed by atoms with Gasteiger partial charge in [0.2, 0.25) is 11.2 Å². The average Bonchev–Trinajstić information content (AvgIpc) is 3.25. The van der Waals surface area contributed by atoms with E-state index in [1.165, 1.54) is 18.2 Å². The lowest BCUT2D eigenvalue weighted by molar-refractivity contribution is 0.147. The molecule has 6 nitrogen and oxygen atoms in total. The Morgan fingerprint density at radius 3 is 2.72 bits per heavy atom. The van der Waals surface area contributed by atoms with Gasteiger partial charge in [-0.05, 0) is 47.9 Å². The molecule has 0 saturated heterocycles. The van der Waals surface area contributed by atoms with Crippen LogP contribution in [0.4, 0.5) is 14.9 Å². The highest BCUT2D eigenvalue weighted by Gasteiger charge is 2.25. The van der Waals surface area contributed by atoms with Gasteiger partial charge in [0.25, 0.3) is 0 Å². The van der Waals surface area contributed by atoms with Gasteiger partial charge >= 0.3 is 6.09 Å². The molecule has 0 saturated carbocycles. The van der Waals surface area contributed by atoms with Crippen LogP contribution in [0.3, 0.4) is 0 Å². The van der Waals surface area contributed by atoms with Crippen LogP contribution in [-0.4, -0.2) is 12.6 Å². The first-order chi connectivity index (χ1) is 15.6. The number of rotatable bonds is 4. The van der Waals surface area contributed by atoms with Crippen molar-refractivity contribution in [3.8, 4) is 11.5 Å². The quantitative estimate of drug-likeness (QED) is 0.431. The predicted molar refractivity (Wildman–Crippen MR) is 117 cm³/mol. The maximum Gasteiger partial charge on any atom is 0.414 e. The van der Waals surface area contributed by atoms with E-state index in [4.69, 9.17) is 13.9 Å². The minimum Gasteiger partial charge on any atom is -0.460 e. The van der Waals surface area contributed by atoms with Crippen LogP contribution in [0.15, 0.2) is 82.2 Å². The molecule has 7 heteroatoms. The Morgan fingerprint density at radius 2 is 1.84 bits per heavy atom. The van der Waals surface area contributed by atoms with Crippen LogP contribution in [0.2, 0.25) is 0 Å². The molecule has 0 fully saturated rings. The molecule has 0 radical (unpaired) electrons. The summed E-state index contributed by atoms with van der Waals surface area (Å²) in [5.74, 6) is -0.759. The molecule has 0 aliphatic carbocycles. The summed E-state index contributed by atoms with van der Waals surface area (Å²) in [6, 6.07) is 18.4. The number of hydrogen-bond acceptors (Lipinski definition) is 5. The van der Waals surface area contributed by atoms with Gasteiger partial charge in [-0.2, -0.15) is 0 Å². The molecule has 1 amide bonds. The van der Waals surface area contributed by atoms with E-state index in [1.54, 1.807) is 29.2 Å². The second kappa shape index (κ2) is 8.19. The third kappa shape index (κ3) is 3.69. The summed E-state index contributed by atoms with van der Waals surface area (Å²) in [5.41, 5.74) is 2.54. The van der Waals surface area contributed by atoms with E-state index in [0.717, 1.165) is 23.9 Å². The third-order valence-electron chi connectivity index (χ3n) is 5.33. The molecule has 1 aliphatic heterocycles. The maximum atomic E-state index is 13.8. The minimum atomic E-state index is -0.579. The average molecular weight is 431 g/mol. The number of benzene rings is 3. The summed E-state index contributed by atoms with van der Waals surface area (Å²) < 4.78 is 30.2. The van der Waals surface area contributed by atoms with Crippen LogP contribution in [0.1, 0.15) is 11.1 Å². The van der Waals surface area contributed by atoms with Crippen LogP contribution in [-0.2, 0) is 17.8 Å². The zero-order chi connectivity index (χ0) is 22.1. The Bertz CT molecular complexity index is 1380. The molecule has 0 spiro atoms. The summed E-state index contributed by atoms with van der Waals surface area (Å²) in [6.07, 6.45) is 1.52. The summed E-state index contributed by atoms with van der Waals surface area (Å²) in [7, 11) is 0. The summed E-state index contributed by atoms with van der Waals surface area (Å²) >= 11 is 0. The Labute approximate surface area is 182 Å². The van der Waals surface area contributed by atoms with Gasteiger partial charge in [0.1, 0.15) is 18.5 Å². The Kier molecular flexibility index (Phi) is 5.07. The number of para-hydroxylation sites is 2. The van der Waals surface area contributed by atoms with E-state index >= 15 is 0 Å². The lowest BCUT2D eigenvalue weighted by atomic mass is 10.1. The van der Waals surface area contributed by atoms with Gasteiger partial charge in [-0.15, -0.1) is 0 Å². The monoisotopic (exact) mass is 431 g/mol. The minimum absolute atomic E-state index is 0.0324. The molecule has 160 valence electrons. The van der Waals surface area contributed by atoms with Crippen molar-refractivity contribution in [2.45, 2.75) is 13.0 Å². The summed E-state index contributed by atoms with van der Waals surface area (Å²) in [4.78, 5) is 26.9. The van der Waals surface area contributed by atoms with E-state index in [-0.39, 0.29) is 23.5 Å². The molecule has 2 heterocycles. The molecule has 4 aromatic rings. The van der Waals surface area contributed by atoms with Crippen LogP contribution < -0.4 is 15.1 Å². The molecule has 0 unspecified atom stereocenters. The number of anilines is 1. The maximum absolute atomic E-state index is 13.8. The van der Waals surface area contributed by atoms with Gasteiger partial charge in [-0.25, -0.2) is 9.18 Å². The van der Waals surface area contributed by atoms with Crippen LogP contribution >= 0.6 is 0 Å². The zero-order valence-corrected chi connectivity index (χ0v) is 16.9. The molecule has 3 aromatic carbocycles. The number of carbonyl (C=O) groups excluding carboxylic acids is 1. The second-order valence-electron chi connectivity index (χ2n) is 7.38. The SMILES string of the molecule is O=C(OCc1ccc2c(=O)c(Oc3ccccc3F)coc2c1)N1CCc2ccccc21. The van der Waals surface area contributed by atoms with E-state index in [9.17, 15) is 14.0 Å². The molecular weight excluding hydrogens is 413 g/mol. The lowest BCUT2D eigenvalue weighted by Gasteiger charge is -2.17. The van der Waals surface area contributed by atoms with Gasteiger partial charge in [-0.1, -0.05) is 36.4 Å². The molecule has 1 aromatic heterocycles. The number of amides is 1. The van der Waals surface area contributed by atoms with Gasteiger partial charge in [0, 0.05) is 6.54 Å². The van der Waals surface area contributed by atoms with Crippen LogP contribution in [0.5, 0.6) is 11.5 Å². The number of halogens is 1. The first-order valence-electron chi connectivity index (χ1n) is 10.1. The Morgan fingerprint density at radius 1 is 1.03 bits per heavy atom. The van der Waals surface area contributed by atoms with Gasteiger partial charge < -0.3 is 13.9 Å². The Hall–Kier alpha value is -4.13. The lowest BCUT2D eigenvalue weighted by Crippen LogP contribution is -2.29. The first kappa shape index (κ1) is 19.8. The highest BCUT2D eigenvalue weighted by Crippen LogP contribution is 2.28. The fraction of sp³-hybridized carbons (Fsp3) is 0.120. The van der Waals surface area contributed by atoms with Crippen molar-refractivity contribution in [3.05, 3.63) is 100 Å². The van der Waals surface area contributed by atoms with Gasteiger partial charge in [0.15, 0.2) is 11.6 Å². The normalized spacial score (nSPS) is 12.6. The van der Waals surface area contributed by atoms with Gasteiger partial charge in [0.05, 0.1) is 11.1 Å². The largest absolute Gasteiger partial charge is 0.460 e. The number of carbonyl (C=O) groups is 1. The van der Waals surface area contributed by atoms with Crippen LogP contribution in [0.25, 0.3) is 11.0 Å². The van der Waals surface area contributed by atoms with Crippen LogP contribution in [0, 0.1) is 5.82 Å². The molecule has 5 rings (SSSR count). The first-order valence-corrected chi connectivity index (χ1v) is 10.1. The zero-order valence-electron chi connectivity index (χ0n) is 16.9. The van der Waals surface area contributed by atoms with Crippen molar-refractivity contribution in [3.63, 3.8) is 0 Å². The van der Waals surface area contributed by atoms with Crippen molar-refractivity contribution in [1.82, 2.24) is 0 Å². The Balaban J connectivity index is 1.32. The molecule has 0 bridgehead atoms. The van der Waals surface area contributed by atoms with Crippen molar-refractivity contribution >= 4 is 22.7 Å². The van der Waals surface area contributed by atoms with E-state index < -0.39 is 17.3 Å². The molecule has 0 N–H and O–H groups in total. The number of fused-ring (bicyclic) bond motifs is 2. The highest BCUT2D eigenvalue weighted by atomic mass is 19.1. The van der Waals surface area contributed by atoms with Crippen molar-refractivity contribution in [2.24, 2.45) is 0 Å². The summed E-state index contributed by atoms with van der Waals surface area (Å²) in [6.45, 7) is 0.611. The van der Waals surface area contributed by atoms with E-state index in [1.807, 2.05) is 24.3 Å². The van der Waals surface area contributed by atoms with Crippen molar-refractivity contribution in [1.29, 1.82) is 0 Å². The highest BCUT2D eigenvalue weighted by molar-refractivity contribution is 5.90. The van der Waals surface area contributed by atoms with E-state index in [0.29, 0.717) is 17.7 Å². The smallest absolute Gasteiger partial charge is 0.414 e. The second-order valence-corrected chi connectivity index (χ2v) is 7.38. The molecule has 0 atom stereocenters. The standard InChI is InChI=1S/C25H18FNO5/c26-19-6-2-4-8-21(19)32-23-15-30-22-13-16(9-10-18(22)24(23)28)14-31-25(29)27-12-11-17-5-1-3-7-20(17)27/h1-10,13,15H,11-12,14H2. The molecular formula is C25H18FNO5. The third-order valence-corrected chi connectivity index (χ3v) is 5.33.